The van der Waals surface area contributed by atoms with E-state index in [1.54, 1.807) is 42.5 Å². The molecular weight excluding hydrogens is 484 g/mol. The van der Waals surface area contributed by atoms with Gasteiger partial charge in [0.1, 0.15) is 5.75 Å². The number of nitrogens with zero attached hydrogens (tertiary/aromatic N) is 3. The van der Waals surface area contributed by atoms with Crippen molar-refractivity contribution in [3.8, 4) is 5.75 Å². The highest BCUT2D eigenvalue weighted by molar-refractivity contribution is 7.89. The third-order valence-electron chi connectivity index (χ3n) is 5.98. The molecule has 0 aromatic heterocycles. The van der Waals surface area contributed by atoms with Crippen molar-refractivity contribution >= 4 is 27.3 Å². The van der Waals surface area contributed by atoms with E-state index in [0.29, 0.717) is 48.9 Å². The van der Waals surface area contributed by atoms with Gasteiger partial charge in [0.25, 0.3) is 11.6 Å². The summed E-state index contributed by atoms with van der Waals surface area (Å²) < 4.78 is 32.3. The van der Waals surface area contributed by atoms with Crippen molar-refractivity contribution in [2.45, 2.75) is 11.4 Å². The predicted molar refractivity (Wildman–Crippen MR) is 135 cm³/mol. The molecule has 36 heavy (non-hydrogen) atoms. The first-order chi connectivity index (χ1) is 17.3. The van der Waals surface area contributed by atoms with Gasteiger partial charge in [0, 0.05) is 50.4 Å². The van der Waals surface area contributed by atoms with Crippen molar-refractivity contribution in [2.24, 2.45) is 0 Å². The van der Waals surface area contributed by atoms with Gasteiger partial charge in [0.2, 0.25) is 10.0 Å². The zero-order valence-corrected chi connectivity index (χ0v) is 20.5. The van der Waals surface area contributed by atoms with Crippen LogP contribution in [0, 0.1) is 10.1 Å². The molecule has 1 aliphatic rings. The average molecular weight is 511 g/mol. The van der Waals surface area contributed by atoms with Gasteiger partial charge in [-0.05, 0) is 35.9 Å². The number of nitro benzene ring substituents is 1. The Hall–Kier alpha value is -3.80. The topological polar surface area (TPSA) is 122 Å². The summed E-state index contributed by atoms with van der Waals surface area (Å²) in [5.41, 5.74) is 1.44. The normalized spacial score (nSPS) is 14.8. The third kappa shape index (κ3) is 5.70. The van der Waals surface area contributed by atoms with Crippen LogP contribution in [0.25, 0.3) is 0 Å². The zero-order valence-electron chi connectivity index (χ0n) is 19.7. The van der Waals surface area contributed by atoms with E-state index < -0.39 is 20.9 Å². The first kappa shape index (κ1) is 25.3. The van der Waals surface area contributed by atoms with Gasteiger partial charge in [0.05, 0.1) is 22.6 Å². The summed E-state index contributed by atoms with van der Waals surface area (Å²) in [6.45, 7) is 2.63. The molecule has 4 rings (SSSR count). The van der Waals surface area contributed by atoms with Crippen LogP contribution in [-0.2, 0) is 16.6 Å². The number of benzene rings is 3. The number of methoxy groups -OCH3 is 1. The summed E-state index contributed by atoms with van der Waals surface area (Å²) in [6, 6.07) is 19.5. The number of sulfonamides is 1. The number of piperazine rings is 1. The molecule has 1 heterocycles. The second-order valence-electron chi connectivity index (χ2n) is 8.29. The highest BCUT2D eigenvalue weighted by atomic mass is 32.2. The molecule has 0 radical (unpaired) electrons. The van der Waals surface area contributed by atoms with Gasteiger partial charge in [-0.2, -0.15) is 4.31 Å². The number of hydrogen-bond donors (Lipinski definition) is 1. The number of rotatable bonds is 8. The molecule has 0 saturated carbocycles. The Bertz CT molecular complexity index is 1340. The van der Waals surface area contributed by atoms with Crippen molar-refractivity contribution in [1.29, 1.82) is 0 Å². The summed E-state index contributed by atoms with van der Waals surface area (Å²) in [7, 11) is -2.08. The Balaban J connectivity index is 1.35. The van der Waals surface area contributed by atoms with Crippen molar-refractivity contribution in [2.75, 3.05) is 38.6 Å². The molecule has 188 valence electrons. The Labute approximate surface area is 209 Å². The van der Waals surface area contributed by atoms with Crippen molar-refractivity contribution in [3.63, 3.8) is 0 Å². The largest absolute Gasteiger partial charge is 0.495 e. The highest BCUT2D eigenvalue weighted by Gasteiger charge is 2.28. The number of ether oxygens (including phenoxy) is 1. The molecule has 1 amide bonds. The Morgan fingerprint density at radius 2 is 1.67 bits per heavy atom. The first-order valence-corrected chi connectivity index (χ1v) is 12.7. The minimum Gasteiger partial charge on any atom is -0.495 e. The molecule has 0 unspecified atom stereocenters. The number of nitrogens with one attached hydrogen (secondary N) is 1. The molecule has 1 saturated heterocycles. The summed E-state index contributed by atoms with van der Waals surface area (Å²) in [6.07, 6.45) is 0. The van der Waals surface area contributed by atoms with Crippen molar-refractivity contribution in [3.05, 3.63) is 94.0 Å². The highest BCUT2D eigenvalue weighted by Crippen LogP contribution is 2.29. The molecule has 0 bridgehead atoms. The third-order valence-corrected chi connectivity index (χ3v) is 7.89. The fraction of sp³-hybridized carbons (Fsp3) is 0.240. The second kappa shape index (κ2) is 10.9. The van der Waals surface area contributed by atoms with Crippen LogP contribution in [0.15, 0.2) is 77.7 Å². The van der Waals surface area contributed by atoms with Crippen LogP contribution >= 0.6 is 0 Å². The first-order valence-electron chi connectivity index (χ1n) is 11.3. The maximum atomic E-state index is 12.8. The van der Waals surface area contributed by atoms with E-state index in [2.05, 4.69) is 10.2 Å². The fourth-order valence-electron chi connectivity index (χ4n) is 3.99. The molecular formula is C25H26N4O6S. The monoisotopic (exact) mass is 510 g/mol. The second-order valence-corrected chi connectivity index (χ2v) is 10.2. The summed E-state index contributed by atoms with van der Waals surface area (Å²) in [5.74, 6) is -0.0981. The predicted octanol–water partition coefficient (Wildman–Crippen LogP) is 3.36. The SMILES string of the molecule is COc1ccc([N+](=O)[O-])cc1NC(=O)c1ccc(CN2CCN(S(=O)(=O)c3ccccc3)CC2)cc1. The van der Waals surface area contributed by atoms with Crippen LogP contribution in [0.5, 0.6) is 5.75 Å². The van der Waals surface area contributed by atoms with Gasteiger partial charge in [0.15, 0.2) is 0 Å². The fourth-order valence-corrected chi connectivity index (χ4v) is 5.43. The van der Waals surface area contributed by atoms with Gasteiger partial charge in [-0.15, -0.1) is 0 Å². The minimum absolute atomic E-state index is 0.155. The van der Waals surface area contributed by atoms with E-state index in [0.717, 1.165) is 5.56 Å². The lowest BCUT2D eigenvalue weighted by molar-refractivity contribution is -0.384. The van der Waals surface area contributed by atoms with Crippen LogP contribution in [0.4, 0.5) is 11.4 Å². The Kier molecular flexibility index (Phi) is 7.63. The maximum absolute atomic E-state index is 12.8. The number of carbonyl (C=O) groups excluding carboxylic acids is 1. The summed E-state index contributed by atoms with van der Waals surface area (Å²) >= 11 is 0. The molecule has 1 fully saturated rings. The smallest absolute Gasteiger partial charge is 0.271 e. The zero-order chi connectivity index (χ0) is 25.7. The molecule has 11 heteroatoms. The Morgan fingerprint density at radius 3 is 2.28 bits per heavy atom. The lowest BCUT2D eigenvalue weighted by Gasteiger charge is -2.34. The molecule has 1 aliphatic heterocycles. The number of nitro groups is 1. The maximum Gasteiger partial charge on any atom is 0.271 e. The van der Waals surface area contributed by atoms with Gasteiger partial charge < -0.3 is 10.1 Å². The van der Waals surface area contributed by atoms with Crippen LogP contribution in [0.3, 0.4) is 0 Å². The van der Waals surface area contributed by atoms with E-state index in [1.807, 2.05) is 12.1 Å². The number of anilines is 1. The number of hydrogen-bond acceptors (Lipinski definition) is 7. The van der Waals surface area contributed by atoms with Gasteiger partial charge in [-0.3, -0.25) is 19.8 Å². The standard InChI is InChI=1S/C25H26N4O6S/c1-35-24-12-11-21(29(31)32)17-23(24)26-25(30)20-9-7-19(8-10-20)18-27-13-15-28(16-14-27)36(33,34)22-5-3-2-4-6-22/h2-12,17H,13-16,18H2,1H3,(H,26,30). The van der Waals surface area contributed by atoms with Gasteiger partial charge in [-0.25, -0.2) is 8.42 Å². The van der Waals surface area contributed by atoms with E-state index in [4.69, 9.17) is 4.74 Å². The molecule has 3 aromatic carbocycles. The van der Waals surface area contributed by atoms with Crippen LogP contribution in [-0.4, -0.2) is 61.7 Å². The number of carbonyl (C=O) groups is 1. The quantitative estimate of drug-likeness (QED) is 0.364. The van der Waals surface area contributed by atoms with Crippen LogP contribution < -0.4 is 10.1 Å². The number of amides is 1. The van der Waals surface area contributed by atoms with Crippen LogP contribution in [0.1, 0.15) is 15.9 Å². The van der Waals surface area contributed by atoms with E-state index in [1.165, 1.54) is 29.6 Å². The molecule has 1 N–H and O–H groups in total. The molecule has 3 aromatic rings. The lowest BCUT2D eigenvalue weighted by atomic mass is 10.1. The molecule has 0 atom stereocenters. The van der Waals surface area contributed by atoms with Gasteiger partial charge >= 0.3 is 0 Å². The van der Waals surface area contributed by atoms with E-state index in [9.17, 15) is 23.3 Å². The Morgan fingerprint density at radius 1 is 1.00 bits per heavy atom. The van der Waals surface area contributed by atoms with Crippen molar-refractivity contribution < 1.29 is 22.9 Å². The van der Waals surface area contributed by atoms with E-state index >= 15 is 0 Å². The molecule has 0 spiro atoms. The van der Waals surface area contributed by atoms with Gasteiger partial charge in [-0.1, -0.05) is 30.3 Å². The lowest BCUT2D eigenvalue weighted by Crippen LogP contribution is -2.48. The van der Waals surface area contributed by atoms with Crippen LogP contribution in [0.2, 0.25) is 0 Å². The van der Waals surface area contributed by atoms with Crippen molar-refractivity contribution in [1.82, 2.24) is 9.21 Å². The average Bonchev–Trinajstić information content (AvgIpc) is 2.90. The molecule has 0 aliphatic carbocycles. The van der Waals surface area contributed by atoms with E-state index in [-0.39, 0.29) is 11.4 Å². The summed E-state index contributed by atoms with van der Waals surface area (Å²) in [4.78, 5) is 25.7. The molecule has 10 nitrogen and oxygen atoms in total. The minimum atomic E-state index is -3.50. The number of non-ortho nitro benzene ring substituents is 1. The summed E-state index contributed by atoms with van der Waals surface area (Å²) in [5, 5.41) is 13.7.